The predicted octanol–water partition coefficient (Wildman–Crippen LogP) is 1.57. The molecule has 0 aromatic rings. The Balaban J connectivity index is 3.53. The van der Waals surface area contributed by atoms with Gasteiger partial charge < -0.3 is 5.11 Å². The number of carboxylic acids is 1. The molecule has 0 saturated carbocycles. The molecule has 0 unspecified atom stereocenters. The molecule has 0 spiro atoms. The fourth-order valence-electron chi connectivity index (χ4n) is 1.05. The van der Waals surface area contributed by atoms with E-state index in [0.29, 0.717) is 6.42 Å². The summed E-state index contributed by atoms with van der Waals surface area (Å²) in [6, 6.07) is 0. The summed E-state index contributed by atoms with van der Waals surface area (Å²) in [6.45, 7) is 1.91. The van der Waals surface area contributed by atoms with Crippen LogP contribution in [0.25, 0.3) is 0 Å². The highest BCUT2D eigenvalue weighted by atomic mass is 16.4. The predicted molar refractivity (Wildman–Crippen MR) is 51.0 cm³/mol. The Labute approximate surface area is 83.3 Å². The van der Waals surface area contributed by atoms with Gasteiger partial charge in [-0.05, 0) is 6.42 Å². The Morgan fingerprint density at radius 1 is 0.857 bits per heavy atom. The average molecular weight is 200 g/mol. The molecule has 0 aliphatic carbocycles. The lowest BCUT2D eigenvalue weighted by molar-refractivity contribution is -0.138. The van der Waals surface area contributed by atoms with E-state index in [-0.39, 0.29) is 37.2 Å². The molecule has 0 atom stereocenters. The summed E-state index contributed by atoms with van der Waals surface area (Å²) in [5.41, 5.74) is 0. The van der Waals surface area contributed by atoms with Gasteiger partial charge in [-0.2, -0.15) is 0 Å². The van der Waals surface area contributed by atoms with Gasteiger partial charge >= 0.3 is 5.97 Å². The largest absolute Gasteiger partial charge is 0.481 e. The minimum Gasteiger partial charge on any atom is -0.481 e. The topological polar surface area (TPSA) is 71.4 Å². The highest BCUT2D eigenvalue weighted by Crippen LogP contribution is 2.02. The van der Waals surface area contributed by atoms with E-state index < -0.39 is 5.97 Å². The first-order chi connectivity index (χ1) is 6.56. The summed E-state index contributed by atoms with van der Waals surface area (Å²) in [6.07, 6.45) is 1.64. The molecule has 0 aliphatic rings. The van der Waals surface area contributed by atoms with Gasteiger partial charge in [-0.1, -0.05) is 6.92 Å². The highest BCUT2D eigenvalue weighted by molar-refractivity contribution is 5.87. The summed E-state index contributed by atoms with van der Waals surface area (Å²) in [5, 5.41) is 8.30. The van der Waals surface area contributed by atoms with Gasteiger partial charge in [-0.15, -0.1) is 0 Å². The van der Waals surface area contributed by atoms with Crippen molar-refractivity contribution in [3.63, 3.8) is 0 Å². The number of Topliss-reactive ketones (excluding diaryl/α,β-unsaturated/α-hetero) is 2. The Morgan fingerprint density at radius 3 is 1.71 bits per heavy atom. The van der Waals surface area contributed by atoms with E-state index in [1.807, 2.05) is 6.92 Å². The maximum absolute atomic E-state index is 11.0. The van der Waals surface area contributed by atoms with Crippen LogP contribution in [0.2, 0.25) is 0 Å². The summed E-state index contributed by atoms with van der Waals surface area (Å²) in [5.74, 6) is -1.04. The molecule has 0 fully saturated rings. The summed E-state index contributed by atoms with van der Waals surface area (Å²) >= 11 is 0. The van der Waals surface area contributed by atoms with Crippen LogP contribution in [0.4, 0.5) is 0 Å². The number of ketones is 2. The van der Waals surface area contributed by atoms with E-state index in [1.165, 1.54) is 0 Å². The van der Waals surface area contributed by atoms with E-state index in [9.17, 15) is 14.4 Å². The molecule has 1 N–H and O–H groups in total. The zero-order valence-corrected chi connectivity index (χ0v) is 8.41. The molecule has 0 radical (unpaired) electrons. The first kappa shape index (κ1) is 12.8. The first-order valence-corrected chi connectivity index (χ1v) is 4.81. The minimum absolute atomic E-state index is 0.0364. The van der Waals surface area contributed by atoms with Crippen molar-refractivity contribution >= 4 is 17.5 Å². The molecular formula is C10H16O4. The van der Waals surface area contributed by atoms with Gasteiger partial charge in [-0.3, -0.25) is 14.4 Å². The monoisotopic (exact) mass is 200 g/mol. The second-order valence-electron chi connectivity index (χ2n) is 3.22. The maximum atomic E-state index is 11.0. The molecule has 4 nitrogen and oxygen atoms in total. The van der Waals surface area contributed by atoms with Crippen LogP contribution in [0.3, 0.4) is 0 Å². The third-order valence-corrected chi connectivity index (χ3v) is 1.83. The van der Waals surface area contributed by atoms with Gasteiger partial charge in [0.25, 0.3) is 0 Å². The van der Waals surface area contributed by atoms with Crippen LogP contribution < -0.4 is 0 Å². The molecule has 0 aromatic carbocycles. The van der Waals surface area contributed by atoms with Crippen LogP contribution in [0, 0.1) is 0 Å². The zero-order chi connectivity index (χ0) is 11.0. The van der Waals surface area contributed by atoms with E-state index in [2.05, 4.69) is 0 Å². The van der Waals surface area contributed by atoms with Crippen molar-refractivity contribution in [2.75, 3.05) is 0 Å². The summed E-state index contributed by atoms with van der Waals surface area (Å²) in [4.78, 5) is 32.2. The lowest BCUT2D eigenvalue weighted by Crippen LogP contribution is -2.06. The Hall–Kier alpha value is -1.19. The van der Waals surface area contributed by atoms with Crippen LogP contribution >= 0.6 is 0 Å². The van der Waals surface area contributed by atoms with Crippen LogP contribution in [-0.2, 0) is 14.4 Å². The number of hydrogen-bond donors (Lipinski definition) is 1. The van der Waals surface area contributed by atoms with Crippen molar-refractivity contribution in [1.29, 1.82) is 0 Å². The fraction of sp³-hybridized carbons (Fsp3) is 0.700. The lowest BCUT2D eigenvalue weighted by atomic mass is 10.1. The van der Waals surface area contributed by atoms with E-state index in [1.54, 1.807) is 0 Å². The Morgan fingerprint density at radius 2 is 1.29 bits per heavy atom. The standard InChI is InChI=1S/C10H16O4/c1-2-3-8(11)4-5-9(12)6-7-10(13)14/h2-7H2,1H3,(H,13,14). The van der Waals surface area contributed by atoms with Crippen LogP contribution in [0.5, 0.6) is 0 Å². The number of hydrogen-bond acceptors (Lipinski definition) is 3. The van der Waals surface area contributed by atoms with Crippen LogP contribution in [-0.4, -0.2) is 22.6 Å². The number of rotatable bonds is 8. The van der Waals surface area contributed by atoms with Crippen molar-refractivity contribution in [3.8, 4) is 0 Å². The van der Waals surface area contributed by atoms with Gasteiger partial charge in [0.1, 0.15) is 11.6 Å². The van der Waals surface area contributed by atoms with E-state index in [4.69, 9.17) is 5.11 Å². The average Bonchev–Trinajstić information content (AvgIpc) is 2.12. The number of carbonyl (C=O) groups is 3. The Kier molecular flexibility index (Phi) is 6.62. The number of carbonyl (C=O) groups excluding carboxylic acids is 2. The van der Waals surface area contributed by atoms with Crippen molar-refractivity contribution < 1.29 is 19.5 Å². The van der Waals surface area contributed by atoms with Crippen molar-refractivity contribution in [2.24, 2.45) is 0 Å². The molecule has 80 valence electrons. The molecule has 0 saturated heterocycles. The van der Waals surface area contributed by atoms with Crippen molar-refractivity contribution in [3.05, 3.63) is 0 Å². The second-order valence-corrected chi connectivity index (χ2v) is 3.22. The molecule has 0 aliphatic heterocycles. The second kappa shape index (κ2) is 7.24. The molecule has 0 rings (SSSR count). The normalized spacial score (nSPS) is 9.79. The lowest BCUT2D eigenvalue weighted by Gasteiger charge is -1.98. The van der Waals surface area contributed by atoms with E-state index >= 15 is 0 Å². The maximum Gasteiger partial charge on any atom is 0.303 e. The fourth-order valence-corrected chi connectivity index (χ4v) is 1.05. The van der Waals surface area contributed by atoms with Gasteiger partial charge in [0.15, 0.2) is 0 Å². The molecule has 0 heterocycles. The molecule has 0 amide bonds. The van der Waals surface area contributed by atoms with Gasteiger partial charge in [0.2, 0.25) is 0 Å². The van der Waals surface area contributed by atoms with Crippen LogP contribution in [0.15, 0.2) is 0 Å². The van der Waals surface area contributed by atoms with Crippen molar-refractivity contribution in [1.82, 2.24) is 0 Å². The third kappa shape index (κ3) is 7.46. The van der Waals surface area contributed by atoms with Crippen molar-refractivity contribution in [2.45, 2.75) is 45.4 Å². The molecule has 0 bridgehead atoms. The quantitative estimate of drug-likeness (QED) is 0.645. The van der Waals surface area contributed by atoms with Gasteiger partial charge in [-0.25, -0.2) is 0 Å². The Bertz CT molecular complexity index is 220. The van der Waals surface area contributed by atoms with Gasteiger partial charge in [0.05, 0.1) is 6.42 Å². The first-order valence-electron chi connectivity index (χ1n) is 4.81. The summed E-state index contributed by atoms with van der Waals surface area (Å²) in [7, 11) is 0. The SMILES string of the molecule is CCCC(=O)CCC(=O)CCC(=O)O. The summed E-state index contributed by atoms with van der Waals surface area (Å²) < 4.78 is 0. The highest BCUT2D eigenvalue weighted by Gasteiger charge is 2.08. The van der Waals surface area contributed by atoms with E-state index in [0.717, 1.165) is 6.42 Å². The molecule has 0 aromatic heterocycles. The van der Waals surface area contributed by atoms with Crippen LogP contribution in [0.1, 0.15) is 45.4 Å². The smallest absolute Gasteiger partial charge is 0.303 e. The van der Waals surface area contributed by atoms with Gasteiger partial charge in [0, 0.05) is 25.7 Å². The molecule has 14 heavy (non-hydrogen) atoms. The third-order valence-electron chi connectivity index (χ3n) is 1.83. The number of aliphatic carboxylic acids is 1. The minimum atomic E-state index is -0.974. The zero-order valence-electron chi connectivity index (χ0n) is 8.41. The molecular weight excluding hydrogens is 184 g/mol. The molecule has 4 heteroatoms. The number of carboxylic acid groups (broad SMARTS) is 1.